The van der Waals surface area contributed by atoms with E-state index in [9.17, 15) is 19.2 Å². The van der Waals surface area contributed by atoms with Crippen molar-refractivity contribution in [3.05, 3.63) is 52.2 Å². The summed E-state index contributed by atoms with van der Waals surface area (Å²) in [6.45, 7) is 0. The molecule has 0 unspecified atom stereocenters. The van der Waals surface area contributed by atoms with E-state index in [1.54, 1.807) is 11.4 Å². The maximum atomic E-state index is 10.8. The molecule has 0 atom stereocenters. The predicted molar refractivity (Wildman–Crippen MR) is 76.4 cm³/mol. The lowest BCUT2D eigenvalue weighted by atomic mass is 10.1. The fraction of sp³-hybridized carbons (Fsp3) is 0. The van der Waals surface area contributed by atoms with Gasteiger partial charge in [0.1, 0.15) is 5.75 Å². The Morgan fingerprint density at radius 3 is 1.77 bits per heavy atom. The van der Waals surface area contributed by atoms with Crippen LogP contribution < -0.4 is 0 Å². The van der Waals surface area contributed by atoms with E-state index in [4.69, 9.17) is 15.3 Å². The minimum absolute atomic E-state index is 0.00283. The number of carboxylic acid groups (broad SMARTS) is 2. The maximum Gasteiger partial charge on any atom is 0.378 e. The summed E-state index contributed by atoms with van der Waals surface area (Å²) in [7, 11) is 0. The first-order valence-electron chi connectivity index (χ1n) is 5.70. The second-order valence-electron chi connectivity index (χ2n) is 3.79. The molecule has 22 heavy (non-hydrogen) atoms. The number of rotatable bonds is 4. The summed E-state index contributed by atoms with van der Waals surface area (Å²) in [5.74, 6) is -4.72. The Kier molecular flexibility index (Phi) is 5.96. The molecule has 0 bridgehead atoms. The molecule has 0 fully saturated rings. The fourth-order valence-electron chi connectivity index (χ4n) is 1.25. The zero-order valence-electron chi connectivity index (χ0n) is 10.9. The minimum Gasteiger partial charge on any atom is -0.508 e. The van der Waals surface area contributed by atoms with Crippen molar-refractivity contribution in [1.82, 2.24) is 0 Å². The van der Waals surface area contributed by atoms with E-state index in [2.05, 4.69) is 0 Å². The van der Waals surface area contributed by atoms with Crippen molar-refractivity contribution in [2.24, 2.45) is 0 Å². The van der Waals surface area contributed by atoms with E-state index < -0.39 is 23.5 Å². The van der Waals surface area contributed by atoms with Gasteiger partial charge in [-0.2, -0.15) is 0 Å². The quantitative estimate of drug-likeness (QED) is 0.576. The van der Waals surface area contributed by atoms with Gasteiger partial charge in [0.05, 0.1) is 4.88 Å². The van der Waals surface area contributed by atoms with Gasteiger partial charge in [-0.25, -0.2) is 9.59 Å². The lowest BCUT2D eigenvalue weighted by Gasteiger charge is -1.94. The highest BCUT2D eigenvalue weighted by molar-refractivity contribution is 7.12. The Morgan fingerprint density at radius 2 is 1.36 bits per heavy atom. The van der Waals surface area contributed by atoms with Gasteiger partial charge in [0.25, 0.3) is 11.6 Å². The van der Waals surface area contributed by atoms with Crippen LogP contribution in [0.2, 0.25) is 0 Å². The standard InChI is InChI=1S/C8H6O4.C6H4O3S/c9-6-3-1-5(2-4-6)7(10)8(11)12;7-5(6(8)9)4-2-1-3-10-4/h1-4,9H,(H,11,12);1-3H,(H,8,9). The number of benzene rings is 1. The Hall–Kier alpha value is -3.00. The van der Waals surface area contributed by atoms with Crippen LogP contribution in [0.25, 0.3) is 0 Å². The average Bonchev–Trinajstić information content (AvgIpc) is 3.01. The third kappa shape index (κ3) is 4.84. The largest absolute Gasteiger partial charge is 0.508 e. The van der Waals surface area contributed by atoms with E-state index in [1.807, 2.05) is 0 Å². The van der Waals surface area contributed by atoms with Gasteiger partial charge < -0.3 is 15.3 Å². The Morgan fingerprint density at radius 1 is 0.818 bits per heavy atom. The normalized spacial score (nSPS) is 9.27. The van der Waals surface area contributed by atoms with Crippen molar-refractivity contribution in [2.75, 3.05) is 0 Å². The second kappa shape index (κ2) is 7.70. The number of ketones is 2. The van der Waals surface area contributed by atoms with Crippen molar-refractivity contribution in [1.29, 1.82) is 0 Å². The molecule has 0 spiro atoms. The molecule has 8 heteroatoms. The van der Waals surface area contributed by atoms with Gasteiger partial charge in [-0.3, -0.25) is 9.59 Å². The van der Waals surface area contributed by atoms with Crippen molar-refractivity contribution < 1.29 is 34.5 Å². The van der Waals surface area contributed by atoms with Gasteiger partial charge in [0.15, 0.2) is 0 Å². The highest BCUT2D eigenvalue weighted by Gasteiger charge is 2.14. The maximum absolute atomic E-state index is 10.8. The molecule has 114 valence electrons. The van der Waals surface area contributed by atoms with Gasteiger partial charge in [-0.1, -0.05) is 6.07 Å². The monoisotopic (exact) mass is 322 g/mol. The molecule has 2 aromatic rings. The summed E-state index contributed by atoms with van der Waals surface area (Å²) in [6, 6.07) is 8.16. The molecule has 0 saturated heterocycles. The van der Waals surface area contributed by atoms with Gasteiger partial charge in [-0.15, -0.1) is 11.3 Å². The number of hydrogen-bond acceptors (Lipinski definition) is 6. The molecule has 0 aliphatic carbocycles. The van der Waals surface area contributed by atoms with E-state index in [1.165, 1.54) is 30.3 Å². The smallest absolute Gasteiger partial charge is 0.378 e. The van der Waals surface area contributed by atoms with Gasteiger partial charge in [0.2, 0.25) is 0 Å². The van der Waals surface area contributed by atoms with Crippen LogP contribution in [0, 0.1) is 0 Å². The molecule has 1 heterocycles. The van der Waals surface area contributed by atoms with Crippen LogP contribution in [0.1, 0.15) is 20.0 Å². The summed E-state index contributed by atoms with van der Waals surface area (Å²) >= 11 is 1.13. The minimum atomic E-state index is -1.50. The lowest BCUT2D eigenvalue weighted by molar-refractivity contribution is -0.132. The van der Waals surface area contributed by atoms with Crippen LogP contribution >= 0.6 is 11.3 Å². The molecular weight excluding hydrogens is 312 g/mol. The van der Waals surface area contributed by atoms with Crippen molar-refractivity contribution in [3.8, 4) is 5.75 Å². The number of phenols is 1. The van der Waals surface area contributed by atoms with E-state index in [0.29, 0.717) is 0 Å². The molecular formula is C14H10O7S. The van der Waals surface area contributed by atoms with Crippen LogP contribution in [0.4, 0.5) is 0 Å². The molecule has 7 nitrogen and oxygen atoms in total. The number of carbonyl (C=O) groups excluding carboxylic acids is 2. The summed E-state index contributed by atoms with van der Waals surface area (Å²) in [5, 5.41) is 27.0. The van der Waals surface area contributed by atoms with E-state index in [-0.39, 0.29) is 16.2 Å². The number of phenolic OH excluding ortho intramolecular Hbond substituents is 1. The third-order valence-electron chi connectivity index (χ3n) is 2.26. The molecule has 1 aromatic heterocycles. The molecule has 0 saturated carbocycles. The molecule has 3 N–H and O–H groups in total. The number of carboxylic acids is 2. The number of aromatic hydroxyl groups is 1. The first-order chi connectivity index (χ1) is 10.3. The third-order valence-corrected chi connectivity index (χ3v) is 3.13. The zero-order chi connectivity index (χ0) is 16.7. The van der Waals surface area contributed by atoms with Crippen LogP contribution in [0.3, 0.4) is 0 Å². The highest BCUT2D eigenvalue weighted by Crippen LogP contribution is 2.10. The number of carbonyl (C=O) groups is 4. The number of hydrogen-bond donors (Lipinski definition) is 3. The summed E-state index contributed by atoms with van der Waals surface area (Å²) in [6.07, 6.45) is 0. The first-order valence-corrected chi connectivity index (χ1v) is 6.58. The highest BCUT2D eigenvalue weighted by atomic mass is 32.1. The number of Topliss-reactive ketones (excluding diaryl/α,β-unsaturated/α-hetero) is 2. The molecule has 0 aliphatic heterocycles. The van der Waals surface area contributed by atoms with Gasteiger partial charge in [-0.05, 0) is 35.7 Å². The molecule has 1 aromatic carbocycles. The van der Waals surface area contributed by atoms with Crippen LogP contribution in [-0.2, 0) is 9.59 Å². The van der Waals surface area contributed by atoms with Crippen molar-refractivity contribution in [2.45, 2.75) is 0 Å². The Balaban J connectivity index is 0.000000224. The predicted octanol–water partition coefficient (Wildman–Crippen LogP) is 1.67. The summed E-state index contributed by atoms with van der Waals surface area (Å²) in [4.78, 5) is 41.9. The van der Waals surface area contributed by atoms with Crippen LogP contribution in [0.15, 0.2) is 41.8 Å². The van der Waals surface area contributed by atoms with Crippen LogP contribution in [0.5, 0.6) is 5.75 Å². The second-order valence-corrected chi connectivity index (χ2v) is 4.74. The fourth-order valence-corrected chi connectivity index (χ4v) is 1.90. The van der Waals surface area contributed by atoms with E-state index >= 15 is 0 Å². The molecule has 0 radical (unpaired) electrons. The lowest BCUT2D eigenvalue weighted by Crippen LogP contribution is -2.12. The number of aliphatic carboxylic acids is 2. The SMILES string of the molecule is O=C(O)C(=O)c1ccc(O)cc1.O=C(O)C(=O)c1cccs1. The summed E-state index contributed by atoms with van der Waals surface area (Å²) < 4.78 is 0. The average molecular weight is 322 g/mol. The Bertz CT molecular complexity index is 686. The topological polar surface area (TPSA) is 129 Å². The van der Waals surface area contributed by atoms with Gasteiger partial charge in [0, 0.05) is 5.56 Å². The first kappa shape index (κ1) is 17.1. The molecule has 2 rings (SSSR count). The zero-order valence-corrected chi connectivity index (χ0v) is 11.7. The van der Waals surface area contributed by atoms with E-state index in [0.717, 1.165) is 11.3 Å². The summed E-state index contributed by atoms with van der Waals surface area (Å²) in [5.41, 5.74) is 0.0558. The van der Waals surface area contributed by atoms with Crippen molar-refractivity contribution >= 4 is 34.8 Å². The molecule has 0 aliphatic rings. The van der Waals surface area contributed by atoms with Gasteiger partial charge >= 0.3 is 11.9 Å². The van der Waals surface area contributed by atoms with Crippen molar-refractivity contribution in [3.63, 3.8) is 0 Å². The Labute approximate surface area is 128 Å². The molecule has 0 amide bonds. The van der Waals surface area contributed by atoms with Crippen LogP contribution in [-0.4, -0.2) is 38.8 Å². The number of thiophene rings is 1.